The van der Waals surface area contributed by atoms with E-state index < -0.39 is 0 Å². The third kappa shape index (κ3) is 2.38. The number of fused-ring (bicyclic) bond motifs is 1. The first kappa shape index (κ1) is 13.4. The number of ether oxygens (including phenoxy) is 1. The highest BCUT2D eigenvalue weighted by Crippen LogP contribution is 2.39. The monoisotopic (exact) mass is 270 g/mol. The van der Waals surface area contributed by atoms with Gasteiger partial charge in [0.2, 0.25) is 0 Å². The summed E-state index contributed by atoms with van der Waals surface area (Å²) in [7, 11) is 2.02. The van der Waals surface area contributed by atoms with Gasteiger partial charge in [0.15, 0.2) is 0 Å². The molecule has 3 nitrogen and oxygen atoms in total. The van der Waals surface area contributed by atoms with Gasteiger partial charge in [0.25, 0.3) is 0 Å². The van der Waals surface area contributed by atoms with Gasteiger partial charge in [-0.25, -0.2) is 0 Å². The molecule has 1 aromatic carbocycles. The lowest BCUT2D eigenvalue weighted by molar-refractivity contribution is 0.146. The van der Waals surface area contributed by atoms with E-state index in [9.17, 15) is 0 Å². The van der Waals surface area contributed by atoms with Crippen LogP contribution in [-0.4, -0.2) is 24.2 Å². The Morgan fingerprint density at radius 3 is 2.95 bits per heavy atom. The molecule has 0 radical (unpaired) electrons. The molecule has 20 heavy (non-hydrogen) atoms. The topological polar surface area (TPSA) is 34.1 Å². The maximum Gasteiger partial charge on any atom is 0.122 e. The number of benzene rings is 1. The maximum atomic E-state index is 6.22. The van der Waals surface area contributed by atoms with Crippen molar-refractivity contribution in [3.8, 4) is 5.75 Å². The molecule has 0 amide bonds. The smallest absolute Gasteiger partial charge is 0.122 e. The molecule has 3 heteroatoms. The first-order chi connectivity index (χ1) is 9.60. The minimum Gasteiger partial charge on any atom is -0.489 e. The van der Waals surface area contributed by atoms with E-state index in [2.05, 4.69) is 36.3 Å². The van der Waals surface area contributed by atoms with Crippen LogP contribution in [0.3, 0.4) is 0 Å². The minimum atomic E-state index is 0.233. The number of pyridine rings is 1. The highest BCUT2D eigenvalue weighted by molar-refractivity contribution is 5.79. The highest BCUT2D eigenvalue weighted by atomic mass is 16.5. The molecule has 106 valence electrons. The van der Waals surface area contributed by atoms with Crippen molar-refractivity contribution in [2.75, 3.05) is 7.05 Å². The van der Waals surface area contributed by atoms with Gasteiger partial charge in [-0.2, -0.15) is 0 Å². The largest absolute Gasteiger partial charge is 0.489 e. The predicted octanol–water partition coefficient (Wildman–Crippen LogP) is 3.39. The standard InChI is InChI=1S/C17H22N2O/c1-17(2)9-8-15(16(17)18-3)20-13-7-6-12-5-4-10-19-14(12)11-13/h4-7,10-11,15-16,18H,8-9H2,1-3H3. The summed E-state index contributed by atoms with van der Waals surface area (Å²) in [6, 6.07) is 10.6. The molecule has 1 N–H and O–H groups in total. The fourth-order valence-corrected chi connectivity index (χ4v) is 3.34. The predicted molar refractivity (Wildman–Crippen MR) is 82.0 cm³/mol. The van der Waals surface area contributed by atoms with Gasteiger partial charge >= 0.3 is 0 Å². The summed E-state index contributed by atoms with van der Waals surface area (Å²) in [6.07, 6.45) is 4.34. The second-order valence-electron chi connectivity index (χ2n) is 6.31. The third-order valence-corrected chi connectivity index (χ3v) is 4.46. The van der Waals surface area contributed by atoms with Gasteiger partial charge in [0.1, 0.15) is 11.9 Å². The van der Waals surface area contributed by atoms with Gasteiger partial charge in [0, 0.05) is 23.7 Å². The van der Waals surface area contributed by atoms with Gasteiger partial charge in [-0.15, -0.1) is 0 Å². The zero-order chi connectivity index (χ0) is 14.2. The van der Waals surface area contributed by atoms with Crippen LogP contribution in [0.25, 0.3) is 10.9 Å². The average molecular weight is 270 g/mol. The number of rotatable bonds is 3. The van der Waals surface area contributed by atoms with Gasteiger partial charge in [-0.3, -0.25) is 4.98 Å². The molecule has 1 fully saturated rings. The lowest BCUT2D eigenvalue weighted by Crippen LogP contribution is -2.44. The van der Waals surface area contributed by atoms with Crippen molar-refractivity contribution in [2.24, 2.45) is 5.41 Å². The van der Waals surface area contributed by atoms with Crippen molar-refractivity contribution in [1.82, 2.24) is 10.3 Å². The molecule has 0 saturated heterocycles. The van der Waals surface area contributed by atoms with Crippen LogP contribution in [0.1, 0.15) is 26.7 Å². The Kier molecular flexibility index (Phi) is 3.38. The Labute approximate surface area is 120 Å². The lowest BCUT2D eigenvalue weighted by Gasteiger charge is -2.30. The number of nitrogens with zero attached hydrogens (tertiary/aromatic N) is 1. The molecular formula is C17H22N2O. The molecule has 3 rings (SSSR count). The second kappa shape index (κ2) is 5.06. The van der Waals surface area contributed by atoms with Crippen LogP contribution in [-0.2, 0) is 0 Å². The summed E-state index contributed by atoms with van der Waals surface area (Å²) in [5.41, 5.74) is 1.28. The fraction of sp³-hybridized carbons (Fsp3) is 0.471. The van der Waals surface area contributed by atoms with E-state index in [0.29, 0.717) is 6.04 Å². The number of hydrogen-bond acceptors (Lipinski definition) is 3. The number of hydrogen-bond donors (Lipinski definition) is 1. The quantitative estimate of drug-likeness (QED) is 0.928. The SMILES string of the molecule is CNC1C(Oc2ccc3cccnc3c2)CCC1(C)C. The normalized spacial score (nSPS) is 24.9. The van der Waals surface area contributed by atoms with Crippen LogP contribution in [0, 0.1) is 5.41 Å². The molecule has 2 aromatic rings. The maximum absolute atomic E-state index is 6.22. The molecule has 2 unspecified atom stereocenters. The average Bonchev–Trinajstić information content (AvgIpc) is 2.73. The Morgan fingerprint density at radius 1 is 1.30 bits per heavy atom. The van der Waals surface area contributed by atoms with Gasteiger partial charge in [0.05, 0.1) is 5.52 Å². The van der Waals surface area contributed by atoms with Crippen LogP contribution in [0.4, 0.5) is 0 Å². The number of likely N-dealkylation sites (N-methyl/N-ethyl adjacent to an activating group) is 1. The summed E-state index contributed by atoms with van der Waals surface area (Å²) in [6.45, 7) is 4.61. The molecule has 2 atom stereocenters. The van der Waals surface area contributed by atoms with Crippen molar-refractivity contribution < 1.29 is 4.74 Å². The van der Waals surface area contributed by atoms with Gasteiger partial charge in [-0.1, -0.05) is 19.9 Å². The Morgan fingerprint density at radius 2 is 2.15 bits per heavy atom. The Hall–Kier alpha value is -1.61. The Bertz CT molecular complexity index is 609. The van der Waals surface area contributed by atoms with E-state index >= 15 is 0 Å². The molecule has 0 spiro atoms. The molecule has 1 aliphatic rings. The van der Waals surface area contributed by atoms with E-state index in [1.54, 1.807) is 0 Å². The van der Waals surface area contributed by atoms with Crippen LogP contribution >= 0.6 is 0 Å². The van der Waals surface area contributed by atoms with Crippen LogP contribution in [0.2, 0.25) is 0 Å². The summed E-state index contributed by atoms with van der Waals surface area (Å²) >= 11 is 0. The zero-order valence-electron chi connectivity index (χ0n) is 12.4. The first-order valence-corrected chi connectivity index (χ1v) is 7.29. The molecule has 1 aromatic heterocycles. The van der Waals surface area contributed by atoms with Crippen LogP contribution < -0.4 is 10.1 Å². The first-order valence-electron chi connectivity index (χ1n) is 7.29. The van der Waals surface area contributed by atoms with E-state index in [1.807, 2.05) is 31.4 Å². The van der Waals surface area contributed by atoms with Gasteiger partial charge in [-0.05, 0) is 43.5 Å². The van der Waals surface area contributed by atoms with Crippen LogP contribution in [0.15, 0.2) is 36.5 Å². The summed E-state index contributed by atoms with van der Waals surface area (Å²) in [4.78, 5) is 4.39. The van der Waals surface area contributed by atoms with E-state index in [0.717, 1.165) is 23.1 Å². The third-order valence-electron chi connectivity index (χ3n) is 4.46. The van der Waals surface area contributed by atoms with Crippen molar-refractivity contribution >= 4 is 10.9 Å². The zero-order valence-corrected chi connectivity index (χ0v) is 12.4. The summed E-state index contributed by atoms with van der Waals surface area (Å²) in [5, 5.41) is 4.57. The van der Waals surface area contributed by atoms with Gasteiger partial charge < -0.3 is 10.1 Å². The van der Waals surface area contributed by atoms with E-state index in [1.165, 1.54) is 6.42 Å². The molecule has 1 saturated carbocycles. The van der Waals surface area contributed by atoms with E-state index in [4.69, 9.17) is 4.74 Å². The van der Waals surface area contributed by atoms with Crippen molar-refractivity contribution in [3.63, 3.8) is 0 Å². The number of aromatic nitrogens is 1. The Balaban J connectivity index is 1.83. The van der Waals surface area contributed by atoms with Crippen molar-refractivity contribution in [2.45, 2.75) is 38.8 Å². The van der Waals surface area contributed by atoms with Crippen LogP contribution in [0.5, 0.6) is 5.75 Å². The van der Waals surface area contributed by atoms with Crippen molar-refractivity contribution in [3.05, 3.63) is 36.5 Å². The second-order valence-corrected chi connectivity index (χ2v) is 6.31. The highest BCUT2D eigenvalue weighted by Gasteiger charge is 2.42. The summed E-state index contributed by atoms with van der Waals surface area (Å²) in [5.74, 6) is 0.916. The molecule has 0 bridgehead atoms. The van der Waals surface area contributed by atoms with E-state index in [-0.39, 0.29) is 11.5 Å². The lowest BCUT2D eigenvalue weighted by atomic mass is 9.87. The molecule has 1 heterocycles. The molecular weight excluding hydrogens is 248 g/mol. The molecule has 0 aliphatic heterocycles. The minimum absolute atomic E-state index is 0.233. The van der Waals surface area contributed by atoms with Crippen molar-refractivity contribution in [1.29, 1.82) is 0 Å². The molecule has 1 aliphatic carbocycles. The fourth-order valence-electron chi connectivity index (χ4n) is 3.34. The summed E-state index contributed by atoms with van der Waals surface area (Å²) < 4.78 is 6.22. The number of nitrogens with one attached hydrogen (secondary N) is 1.